The Morgan fingerprint density at radius 1 is 1.00 bits per heavy atom. The SMILES string of the molecule is C[Si](C)(C)c1cc2cc[c]([Sn]([CH3])([CH3])[CH3])cc2s1. The van der Waals surface area contributed by atoms with Gasteiger partial charge in [0.15, 0.2) is 0 Å². The summed E-state index contributed by atoms with van der Waals surface area (Å²) in [5.41, 5.74) is 0. The van der Waals surface area contributed by atoms with Crippen LogP contribution in [0.2, 0.25) is 34.5 Å². The van der Waals surface area contributed by atoms with Gasteiger partial charge in [0.05, 0.1) is 0 Å². The normalized spacial score (nSPS) is 13.3. The molecule has 1 heterocycles. The van der Waals surface area contributed by atoms with Crippen molar-refractivity contribution in [1.82, 2.24) is 0 Å². The van der Waals surface area contributed by atoms with Crippen LogP contribution in [0, 0.1) is 0 Å². The van der Waals surface area contributed by atoms with Crippen molar-refractivity contribution in [3.05, 3.63) is 24.3 Å². The average Bonchev–Trinajstić information content (AvgIpc) is 2.57. The summed E-state index contributed by atoms with van der Waals surface area (Å²) in [6.45, 7) is 7.30. The van der Waals surface area contributed by atoms with E-state index in [0.29, 0.717) is 0 Å². The molecule has 1 aromatic carbocycles. The summed E-state index contributed by atoms with van der Waals surface area (Å²) in [5.74, 6) is 0. The van der Waals surface area contributed by atoms with Gasteiger partial charge in [-0.05, 0) is 0 Å². The van der Waals surface area contributed by atoms with Gasteiger partial charge in [-0.3, -0.25) is 0 Å². The van der Waals surface area contributed by atoms with Gasteiger partial charge in [0, 0.05) is 0 Å². The van der Waals surface area contributed by atoms with Crippen molar-refractivity contribution in [3.63, 3.8) is 0 Å². The molecule has 0 amide bonds. The summed E-state index contributed by atoms with van der Waals surface area (Å²) in [6, 6.07) is 9.61. The number of rotatable bonds is 2. The Morgan fingerprint density at radius 2 is 1.65 bits per heavy atom. The monoisotopic (exact) mass is 370 g/mol. The van der Waals surface area contributed by atoms with Crippen molar-refractivity contribution >= 4 is 56.0 Å². The molecule has 17 heavy (non-hydrogen) atoms. The summed E-state index contributed by atoms with van der Waals surface area (Å²) in [6.07, 6.45) is 0. The van der Waals surface area contributed by atoms with E-state index in [9.17, 15) is 0 Å². The number of hydrogen-bond donors (Lipinski definition) is 0. The van der Waals surface area contributed by atoms with Crippen LogP contribution in [-0.4, -0.2) is 26.5 Å². The molecule has 0 aliphatic heterocycles. The van der Waals surface area contributed by atoms with E-state index in [1.54, 1.807) is 8.08 Å². The number of fused-ring (bicyclic) bond motifs is 1. The fourth-order valence-electron chi connectivity index (χ4n) is 1.87. The number of hydrogen-bond acceptors (Lipinski definition) is 1. The molecular weight excluding hydrogens is 347 g/mol. The third-order valence-corrected chi connectivity index (χ3v) is 13.6. The molecule has 0 nitrogen and oxygen atoms in total. The van der Waals surface area contributed by atoms with Crippen LogP contribution >= 0.6 is 11.3 Å². The van der Waals surface area contributed by atoms with Crippen molar-refractivity contribution in [3.8, 4) is 0 Å². The minimum absolute atomic E-state index is 1.14. The van der Waals surface area contributed by atoms with Gasteiger partial charge >= 0.3 is 115 Å². The number of benzene rings is 1. The molecule has 0 bridgehead atoms. The van der Waals surface area contributed by atoms with E-state index in [4.69, 9.17) is 0 Å². The zero-order valence-corrected chi connectivity index (χ0v) is 16.4. The van der Waals surface area contributed by atoms with Crippen molar-refractivity contribution < 1.29 is 0 Å². The fraction of sp³-hybridized carbons (Fsp3) is 0.429. The molecule has 92 valence electrons. The Kier molecular flexibility index (Phi) is 3.52. The van der Waals surface area contributed by atoms with Gasteiger partial charge in [-0.25, -0.2) is 0 Å². The van der Waals surface area contributed by atoms with E-state index in [0.717, 1.165) is 0 Å². The van der Waals surface area contributed by atoms with E-state index < -0.39 is 26.5 Å². The molecule has 0 radical (unpaired) electrons. The molecule has 2 rings (SSSR count). The Balaban J connectivity index is 2.56. The molecule has 1 aromatic heterocycles. The summed E-state index contributed by atoms with van der Waals surface area (Å²) < 4.78 is 4.79. The first-order valence-electron chi connectivity index (χ1n) is 6.22. The van der Waals surface area contributed by atoms with Crippen LogP contribution in [0.3, 0.4) is 0 Å². The maximum atomic E-state index is 2.49. The topological polar surface area (TPSA) is 0 Å². The molecule has 0 atom stereocenters. The van der Waals surface area contributed by atoms with Gasteiger partial charge in [0.2, 0.25) is 0 Å². The minimum atomic E-state index is -1.89. The molecule has 2 aromatic rings. The van der Waals surface area contributed by atoms with E-state index in [1.807, 2.05) is 11.3 Å². The van der Waals surface area contributed by atoms with Crippen LogP contribution < -0.4 is 8.08 Å². The molecule has 0 saturated carbocycles. The van der Waals surface area contributed by atoms with Gasteiger partial charge in [0.1, 0.15) is 0 Å². The summed E-state index contributed by atoms with van der Waals surface area (Å²) >= 11 is 0.135. The maximum absolute atomic E-state index is 2.49. The van der Waals surface area contributed by atoms with Crippen LogP contribution in [0.25, 0.3) is 10.1 Å². The van der Waals surface area contributed by atoms with Crippen LogP contribution in [0.4, 0.5) is 0 Å². The molecule has 0 N–H and O–H groups in total. The van der Waals surface area contributed by atoms with Crippen molar-refractivity contribution in [1.29, 1.82) is 0 Å². The zero-order valence-electron chi connectivity index (χ0n) is 11.7. The molecule has 0 aliphatic rings. The van der Waals surface area contributed by atoms with Gasteiger partial charge in [-0.2, -0.15) is 0 Å². The second-order valence-corrected chi connectivity index (χ2v) is 27.8. The first kappa shape index (κ1) is 13.6. The molecule has 0 saturated heterocycles. The van der Waals surface area contributed by atoms with Crippen LogP contribution in [0.15, 0.2) is 24.3 Å². The second kappa shape index (κ2) is 4.39. The first-order chi connectivity index (χ1) is 7.68. The zero-order chi connectivity index (χ0) is 12.8. The number of thiophene rings is 1. The van der Waals surface area contributed by atoms with Crippen LogP contribution in [0.5, 0.6) is 0 Å². The Hall–Kier alpha value is 0.196. The van der Waals surface area contributed by atoms with Gasteiger partial charge in [-0.15, -0.1) is 0 Å². The third-order valence-electron chi connectivity index (χ3n) is 3.13. The fourth-order valence-corrected chi connectivity index (χ4v) is 8.48. The summed E-state index contributed by atoms with van der Waals surface area (Å²) in [4.78, 5) is 7.47. The first-order valence-corrected chi connectivity index (χ1v) is 20.5. The van der Waals surface area contributed by atoms with Gasteiger partial charge < -0.3 is 0 Å². The van der Waals surface area contributed by atoms with E-state index in [1.165, 1.54) is 10.1 Å². The standard InChI is InChI=1S/C11H13SSi.3CH3.Sn/c1-13(2,3)11-8-9-6-4-5-7-10(9)12-11;;;;/h4,6-8H,1-3H3;3*1H3;. The van der Waals surface area contributed by atoms with Crippen molar-refractivity contribution in [2.24, 2.45) is 0 Å². The molecular formula is C14H22SSiSn. The third kappa shape index (κ3) is 2.96. The van der Waals surface area contributed by atoms with Crippen LogP contribution in [0.1, 0.15) is 0 Å². The summed E-state index contributed by atoms with van der Waals surface area (Å²) in [5, 5.41) is 1.45. The predicted molar refractivity (Wildman–Crippen MR) is 87.8 cm³/mol. The van der Waals surface area contributed by atoms with Crippen LogP contribution in [-0.2, 0) is 0 Å². The molecule has 0 aliphatic carbocycles. The Morgan fingerprint density at radius 3 is 2.18 bits per heavy atom. The molecule has 3 heteroatoms. The summed E-state index contributed by atoms with van der Waals surface area (Å²) in [7, 11) is -1.14. The van der Waals surface area contributed by atoms with Crippen molar-refractivity contribution in [2.45, 2.75) is 34.5 Å². The van der Waals surface area contributed by atoms with E-state index in [-0.39, 0.29) is 0 Å². The quantitative estimate of drug-likeness (QED) is 0.703. The van der Waals surface area contributed by atoms with Gasteiger partial charge in [0.25, 0.3) is 0 Å². The average molecular weight is 369 g/mol. The molecule has 0 fully saturated rings. The van der Waals surface area contributed by atoms with Gasteiger partial charge in [-0.1, -0.05) is 0 Å². The molecule has 0 unspecified atom stereocenters. The molecule has 0 spiro atoms. The van der Waals surface area contributed by atoms with E-state index >= 15 is 0 Å². The predicted octanol–water partition coefficient (Wildman–Crippen LogP) is 3.99. The Bertz CT molecular complexity index is 531. The second-order valence-electron chi connectivity index (χ2n) is 6.86. The van der Waals surface area contributed by atoms with E-state index in [2.05, 4.69) is 58.7 Å². The Labute approximate surface area is 114 Å². The van der Waals surface area contributed by atoms with Crippen molar-refractivity contribution in [2.75, 3.05) is 0 Å².